The molecule has 0 radical (unpaired) electrons. The van der Waals surface area contributed by atoms with Crippen LogP contribution in [0.25, 0.3) is 0 Å². The van der Waals surface area contributed by atoms with E-state index in [2.05, 4.69) is 20.7 Å². The average molecular weight is 194 g/mol. The summed E-state index contributed by atoms with van der Waals surface area (Å²) < 4.78 is 0. The van der Waals surface area contributed by atoms with E-state index in [1.165, 1.54) is 0 Å². The molecule has 0 unspecified atom stereocenters. The molecule has 0 aromatic carbocycles. The number of nitrogens with zero attached hydrogens (tertiary/aromatic N) is 4. The van der Waals surface area contributed by atoms with Crippen LogP contribution in [0.15, 0.2) is 20.7 Å². The van der Waals surface area contributed by atoms with E-state index in [0.29, 0.717) is 0 Å². The van der Waals surface area contributed by atoms with Crippen molar-refractivity contribution in [2.24, 2.45) is 20.7 Å². The second-order valence-corrected chi connectivity index (χ2v) is 1.12. The maximum atomic E-state index is 9.89. The number of carboxylic acids is 1. The van der Waals surface area contributed by atoms with E-state index in [1.807, 2.05) is 0 Å². The Balaban J connectivity index is 0. The van der Waals surface area contributed by atoms with Crippen molar-refractivity contribution in [1.29, 1.82) is 0 Å². The summed E-state index contributed by atoms with van der Waals surface area (Å²) in [4.78, 5) is 9.89. The molecule has 0 spiro atoms. The second-order valence-electron chi connectivity index (χ2n) is 1.12. The molecule has 6 nitrogen and oxygen atoms in total. The Bertz CT molecular complexity index is 157. The number of carboxylic acid groups (broad SMARTS) is 1. The molecule has 1 aliphatic rings. The topological polar surface area (TPSA) is 86.7 Å². The number of carbonyl (C=O) groups is 1. The molecule has 1 aliphatic heterocycles. The number of hydrogen-bond donors (Lipinski definition) is 1. The molecule has 1 heterocycles. The number of rotatable bonds is 1. The summed E-state index contributed by atoms with van der Waals surface area (Å²) in [6.45, 7) is 0. The van der Waals surface area contributed by atoms with Crippen LogP contribution in [-0.2, 0) is 4.79 Å². The van der Waals surface area contributed by atoms with Crippen molar-refractivity contribution in [3.05, 3.63) is 0 Å². The first-order chi connectivity index (χ1) is 3.80. The third kappa shape index (κ3) is 4.75. The van der Waals surface area contributed by atoms with Gasteiger partial charge < -0.3 is 5.11 Å². The predicted octanol–water partition coefficient (Wildman–Crippen LogP) is -1.07. The van der Waals surface area contributed by atoms with Crippen LogP contribution in [0.1, 0.15) is 0 Å². The van der Waals surface area contributed by atoms with Gasteiger partial charge in [0.05, 0.1) is 0 Å². The molecule has 0 atom stereocenters. The summed E-state index contributed by atoms with van der Waals surface area (Å²) in [6.07, 6.45) is -1.10. The number of aliphatic carboxylic acids is 1. The first-order valence-corrected chi connectivity index (χ1v) is 1.83. The van der Waals surface area contributed by atoms with Crippen molar-refractivity contribution in [3.63, 3.8) is 0 Å². The van der Waals surface area contributed by atoms with E-state index in [9.17, 15) is 4.79 Å². The summed E-state index contributed by atoms with van der Waals surface area (Å²) >= 11 is 0. The average Bonchev–Trinajstić information content (AvgIpc) is 2.12. The minimum absolute atomic E-state index is 0. The fourth-order valence-electron chi connectivity index (χ4n) is 0.266. The molecule has 0 fully saturated rings. The van der Waals surface area contributed by atoms with Gasteiger partial charge in [0.2, 0.25) is 0 Å². The van der Waals surface area contributed by atoms with Gasteiger partial charge in [-0.2, -0.15) is 0 Å². The molecule has 0 amide bonds. The summed E-state index contributed by atoms with van der Waals surface area (Å²) in [5.41, 5.74) is 0. The van der Waals surface area contributed by atoms with Crippen LogP contribution in [0.3, 0.4) is 0 Å². The SMILES string of the molecule is O=C(O)C1N=NN=N1.[KH].[KH]. The third-order valence-electron chi connectivity index (χ3n) is 0.583. The Hall–Kier alpha value is 1.94. The molecule has 0 saturated heterocycles. The van der Waals surface area contributed by atoms with E-state index >= 15 is 0 Å². The van der Waals surface area contributed by atoms with Gasteiger partial charge in [-0.05, 0) is 10.4 Å². The van der Waals surface area contributed by atoms with E-state index in [-0.39, 0.29) is 103 Å². The van der Waals surface area contributed by atoms with Crippen molar-refractivity contribution in [2.75, 3.05) is 0 Å². The first kappa shape index (κ1) is 14.5. The Kier molecular flexibility index (Phi) is 11.0. The quantitative estimate of drug-likeness (QED) is 0.539. The monoisotopic (exact) mass is 194 g/mol. The molecule has 10 heavy (non-hydrogen) atoms. The molecular weight excluding hydrogens is 190 g/mol. The van der Waals surface area contributed by atoms with E-state index in [4.69, 9.17) is 5.11 Å². The molecule has 8 heteroatoms. The van der Waals surface area contributed by atoms with Crippen LogP contribution in [0.2, 0.25) is 0 Å². The minimum atomic E-state index is -1.13. The van der Waals surface area contributed by atoms with Gasteiger partial charge in [0.1, 0.15) is 0 Å². The van der Waals surface area contributed by atoms with Crippen LogP contribution in [0, 0.1) is 0 Å². The van der Waals surface area contributed by atoms with Crippen LogP contribution in [0.4, 0.5) is 0 Å². The molecule has 0 aromatic heterocycles. The zero-order valence-electron chi connectivity index (χ0n) is 3.72. The van der Waals surface area contributed by atoms with Crippen LogP contribution in [-0.4, -0.2) is 120 Å². The summed E-state index contributed by atoms with van der Waals surface area (Å²) in [5, 5.41) is 20.3. The molecule has 0 aromatic rings. The van der Waals surface area contributed by atoms with Gasteiger partial charge in [0, 0.05) is 0 Å². The molecule has 0 aliphatic carbocycles. The first-order valence-electron chi connectivity index (χ1n) is 1.83. The van der Waals surface area contributed by atoms with Gasteiger partial charge in [0.25, 0.3) is 6.17 Å². The third-order valence-corrected chi connectivity index (χ3v) is 0.583. The Morgan fingerprint density at radius 1 is 1.20 bits per heavy atom. The fraction of sp³-hybridized carbons (Fsp3) is 0.500. The standard InChI is InChI=1S/C2H2N4O2.2K.2H/c7-2(8)1-3-5-6-4-1;;;;/h1H,(H,7,8);;;;. The molecule has 0 saturated carbocycles. The molecule has 46 valence electrons. The van der Waals surface area contributed by atoms with Crippen LogP contribution < -0.4 is 0 Å². The summed E-state index contributed by atoms with van der Waals surface area (Å²) in [6, 6.07) is 0. The van der Waals surface area contributed by atoms with Crippen molar-refractivity contribution < 1.29 is 9.90 Å². The van der Waals surface area contributed by atoms with Crippen molar-refractivity contribution in [3.8, 4) is 0 Å². The van der Waals surface area contributed by atoms with Gasteiger partial charge in [-0.1, -0.05) is 0 Å². The molecule has 0 bridgehead atoms. The zero-order chi connectivity index (χ0) is 5.98. The van der Waals surface area contributed by atoms with Gasteiger partial charge in [0.15, 0.2) is 0 Å². The fourth-order valence-corrected chi connectivity index (χ4v) is 0.266. The molecule has 1 N–H and O–H groups in total. The maximum absolute atomic E-state index is 9.89. The van der Waals surface area contributed by atoms with Gasteiger partial charge >= 0.3 is 109 Å². The normalized spacial score (nSPS) is 14.0. The Morgan fingerprint density at radius 2 is 1.60 bits per heavy atom. The number of hydrogen-bond acceptors (Lipinski definition) is 5. The van der Waals surface area contributed by atoms with E-state index < -0.39 is 12.1 Å². The Morgan fingerprint density at radius 3 is 1.80 bits per heavy atom. The Labute approximate surface area is 142 Å². The van der Waals surface area contributed by atoms with Crippen molar-refractivity contribution in [1.82, 2.24) is 0 Å². The van der Waals surface area contributed by atoms with Gasteiger partial charge in [-0.3, -0.25) is 0 Å². The second kappa shape index (κ2) is 7.58. The molecule has 1 rings (SSSR count). The van der Waals surface area contributed by atoms with E-state index in [0.717, 1.165) is 0 Å². The van der Waals surface area contributed by atoms with Gasteiger partial charge in [-0.25, -0.2) is 4.79 Å². The zero-order valence-corrected chi connectivity index (χ0v) is 3.72. The summed E-state index contributed by atoms with van der Waals surface area (Å²) in [7, 11) is 0. The summed E-state index contributed by atoms with van der Waals surface area (Å²) in [5.74, 6) is -1.13. The predicted molar refractivity (Wildman–Crippen MR) is 35.4 cm³/mol. The van der Waals surface area contributed by atoms with E-state index in [1.54, 1.807) is 0 Å². The van der Waals surface area contributed by atoms with Gasteiger partial charge in [-0.15, -0.1) is 10.2 Å². The van der Waals surface area contributed by atoms with Crippen molar-refractivity contribution >= 4 is 109 Å². The molecular formula is C2H4K2N4O2. The van der Waals surface area contributed by atoms with Crippen LogP contribution >= 0.6 is 0 Å². The van der Waals surface area contributed by atoms with Crippen LogP contribution in [0.5, 0.6) is 0 Å². The van der Waals surface area contributed by atoms with Crippen molar-refractivity contribution in [2.45, 2.75) is 6.17 Å².